The molecule has 1 aliphatic carbocycles. The lowest BCUT2D eigenvalue weighted by atomic mass is 10.1. The lowest BCUT2D eigenvalue weighted by molar-refractivity contribution is 0.295. The van der Waals surface area contributed by atoms with E-state index in [0.717, 1.165) is 24.6 Å². The Morgan fingerprint density at radius 2 is 2.12 bits per heavy atom. The van der Waals surface area contributed by atoms with E-state index in [-0.39, 0.29) is 5.75 Å². The topological polar surface area (TPSA) is 23.5 Å². The first kappa shape index (κ1) is 12.7. The Morgan fingerprint density at radius 1 is 1.47 bits per heavy atom. The van der Waals surface area contributed by atoms with Crippen molar-refractivity contribution in [3.63, 3.8) is 0 Å². The van der Waals surface area contributed by atoms with Gasteiger partial charge in [0, 0.05) is 13.1 Å². The molecule has 2 rings (SSSR count). The monoisotopic (exact) mass is 253 g/mol. The first-order valence-electron chi connectivity index (χ1n) is 6.05. The van der Waals surface area contributed by atoms with Gasteiger partial charge in [-0.2, -0.15) is 0 Å². The van der Waals surface area contributed by atoms with Crippen molar-refractivity contribution in [2.45, 2.75) is 26.8 Å². The molecule has 1 saturated carbocycles. The number of halogens is 1. The average Bonchev–Trinajstić information content (AvgIpc) is 2.81. The van der Waals surface area contributed by atoms with Crippen molar-refractivity contribution in [3.8, 4) is 5.75 Å². The summed E-state index contributed by atoms with van der Waals surface area (Å²) in [6.45, 7) is 6.51. The van der Waals surface area contributed by atoms with Crippen LogP contribution in [0.2, 0.25) is 5.02 Å². The maximum atomic E-state index is 9.54. The van der Waals surface area contributed by atoms with Crippen molar-refractivity contribution in [2.75, 3.05) is 13.6 Å². The fourth-order valence-corrected chi connectivity index (χ4v) is 2.49. The highest BCUT2D eigenvalue weighted by Gasteiger charge is 2.45. The van der Waals surface area contributed by atoms with Crippen LogP contribution in [0.5, 0.6) is 5.75 Å². The molecule has 94 valence electrons. The third-order valence-corrected chi connectivity index (χ3v) is 4.18. The summed E-state index contributed by atoms with van der Waals surface area (Å²) in [4.78, 5) is 2.28. The molecule has 0 aromatic heterocycles. The van der Waals surface area contributed by atoms with Crippen LogP contribution in [0.4, 0.5) is 0 Å². The Labute approximate surface area is 108 Å². The smallest absolute Gasteiger partial charge is 0.134 e. The summed E-state index contributed by atoms with van der Waals surface area (Å²) in [6, 6.07) is 5.43. The van der Waals surface area contributed by atoms with E-state index < -0.39 is 0 Å². The molecular formula is C14H20ClNO. The van der Waals surface area contributed by atoms with Crippen molar-refractivity contribution in [3.05, 3.63) is 28.8 Å². The van der Waals surface area contributed by atoms with E-state index in [0.29, 0.717) is 10.4 Å². The van der Waals surface area contributed by atoms with E-state index in [4.69, 9.17) is 11.6 Å². The van der Waals surface area contributed by atoms with E-state index in [1.165, 1.54) is 6.42 Å². The van der Waals surface area contributed by atoms with Gasteiger partial charge in [0.05, 0.1) is 5.02 Å². The highest BCUT2D eigenvalue weighted by atomic mass is 35.5. The number of nitrogens with zero attached hydrogens (tertiary/aromatic N) is 1. The molecule has 1 fully saturated rings. The van der Waals surface area contributed by atoms with Crippen molar-refractivity contribution < 1.29 is 5.11 Å². The van der Waals surface area contributed by atoms with Gasteiger partial charge >= 0.3 is 0 Å². The number of benzene rings is 1. The SMILES string of the molecule is CN(Cc1cccc(O)c1Cl)C[C@H]1CC1(C)C. The predicted molar refractivity (Wildman–Crippen MR) is 71.3 cm³/mol. The molecule has 0 saturated heterocycles. The van der Waals surface area contributed by atoms with Crippen LogP contribution in [0.3, 0.4) is 0 Å². The van der Waals surface area contributed by atoms with Crippen LogP contribution in [0, 0.1) is 11.3 Å². The molecule has 1 aromatic carbocycles. The summed E-state index contributed by atoms with van der Waals surface area (Å²) in [6.07, 6.45) is 1.31. The van der Waals surface area contributed by atoms with E-state index >= 15 is 0 Å². The average molecular weight is 254 g/mol. The molecular weight excluding hydrogens is 234 g/mol. The molecule has 1 atom stereocenters. The van der Waals surface area contributed by atoms with Gasteiger partial charge in [0.25, 0.3) is 0 Å². The number of phenols is 1. The predicted octanol–water partition coefficient (Wildman–Crippen LogP) is 3.52. The van der Waals surface area contributed by atoms with Gasteiger partial charge in [0.2, 0.25) is 0 Å². The second-order valence-corrected chi connectivity index (χ2v) is 6.21. The zero-order valence-electron chi connectivity index (χ0n) is 10.7. The maximum Gasteiger partial charge on any atom is 0.134 e. The fraction of sp³-hybridized carbons (Fsp3) is 0.571. The first-order chi connectivity index (χ1) is 7.90. The van der Waals surface area contributed by atoms with E-state index in [2.05, 4.69) is 25.8 Å². The van der Waals surface area contributed by atoms with Crippen LogP contribution < -0.4 is 0 Å². The molecule has 1 N–H and O–H groups in total. The second-order valence-electron chi connectivity index (χ2n) is 5.84. The van der Waals surface area contributed by atoms with E-state index in [1.54, 1.807) is 6.07 Å². The van der Waals surface area contributed by atoms with Gasteiger partial charge in [-0.15, -0.1) is 0 Å². The summed E-state index contributed by atoms with van der Waals surface area (Å²) in [5.74, 6) is 0.966. The minimum atomic E-state index is 0.171. The molecule has 2 nitrogen and oxygen atoms in total. The molecule has 0 aliphatic heterocycles. The summed E-state index contributed by atoms with van der Waals surface area (Å²) in [7, 11) is 2.11. The van der Waals surface area contributed by atoms with Crippen molar-refractivity contribution in [1.29, 1.82) is 0 Å². The zero-order valence-corrected chi connectivity index (χ0v) is 11.5. The quantitative estimate of drug-likeness (QED) is 0.888. The highest BCUT2D eigenvalue weighted by Crippen LogP contribution is 2.51. The molecule has 3 heteroatoms. The number of hydrogen-bond donors (Lipinski definition) is 1. The Kier molecular flexibility index (Phi) is 3.37. The van der Waals surface area contributed by atoms with Crippen LogP contribution in [0.15, 0.2) is 18.2 Å². The van der Waals surface area contributed by atoms with Gasteiger partial charge in [-0.1, -0.05) is 37.6 Å². The van der Waals surface area contributed by atoms with Crippen LogP contribution >= 0.6 is 11.6 Å². The van der Waals surface area contributed by atoms with Crippen LogP contribution in [-0.4, -0.2) is 23.6 Å². The molecule has 17 heavy (non-hydrogen) atoms. The molecule has 1 aromatic rings. The third-order valence-electron chi connectivity index (χ3n) is 3.75. The van der Waals surface area contributed by atoms with Gasteiger partial charge in [-0.3, -0.25) is 0 Å². The van der Waals surface area contributed by atoms with Gasteiger partial charge < -0.3 is 10.0 Å². The van der Waals surface area contributed by atoms with E-state index in [9.17, 15) is 5.11 Å². The number of hydrogen-bond acceptors (Lipinski definition) is 2. The minimum Gasteiger partial charge on any atom is -0.506 e. The van der Waals surface area contributed by atoms with Crippen LogP contribution in [0.25, 0.3) is 0 Å². The fourth-order valence-electron chi connectivity index (χ4n) is 2.31. The van der Waals surface area contributed by atoms with Crippen molar-refractivity contribution in [2.24, 2.45) is 11.3 Å². The lowest BCUT2D eigenvalue weighted by Gasteiger charge is -2.18. The molecule has 1 aliphatic rings. The summed E-state index contributed by atoms with van der Waals surface area (Å²) in [5, 5.41) is 10.0. The van der Waals surface area contributed by atoms with Crippen LogP contribution in [0.1, 0.15) is 25.8 Å². The van der Waals surface area contributed by atoms with Crippen molar-refractivity contribution >= 4 is 11.6 Å². The van der Waals surface area contributed by atoms with Crippen molar-refractivity contribution in [1.82, 2.24) is 4.90 Å². The zero-order chi connectivity index (χ0) is 12.6. The molecule has 0 heterocycles. The van der Waals surface area contributed by atoms with Gasteiger partial charge in [0.15, 0.2) is 0 Å². The molecule has 0 unspecified atom stereocenters. The molecule has 0 bridgehead atoms. The number of aromatic hydroxyl groups is 1. The Balaban J connectivity index is 1.94. The summed E-state index contributed by atoms with van der Waals surface area (Å²) in [5.41, 5.74) is 1.50. The Hall–Kier alpha value is -0.730. The highest BCUT2D eigenvalue weighted by molar-refractivity contribution is 6.32. The largest absolute Gasteiger partial charge is 0.506 e. The Bertz CT molecular complexity index is 417. The molecule has 0 radical (unpaired) electrons. The lowest BCUT2D eigenvalue weighted by Crippen LogP contribution is -2.22. The third kappa shape index (κ3) is 2.93. The van der Waals surface area contributed by atoms with Gasteiger partial charge in [-0.25, -0.2) is 0 Å². The first-order valence-corrected chi connectivity index (χ1v) is 6.43. The van der Waals surface area contributed by atoms with Gasteiger partial charge in [-0.05, 0) is 36.4 Å². The minimum absolute atomic E-state index is 0.171. The number of rotatable bonds is 4. The molecule has 0 amide bonds. The molecule has 0 spiro atoms. The van der Waals surface area contributed by atoms with E-state index in [1.807, 2.05) is 12.1 Å². The summed E-state index contributed by atoms with van der Waals surface area (Å²) < 4.78 is 0. The van der Waals surface area contributed by atoms with Gasteiger partial charge in [0.1, 0.15) is 5.75 Å². The maximum absolute atomic E-state index is 9.54. The van der Waals surface area contributed by atoms with Crippen LogP contribution in [-0.2, 0) is 6.54 Å². The normalized spacial score (nSPS) is 21.8. The number of phenolic OH excluding ortho intramolecular Hbond substituents is 1. The Morgan fingerprint density at radius 3 is 2.71 bits per heavy atom. The standard InChI is InChI=1S/C14H20ClNO/c1-14(2)7-11(14)9-16(3)8-10-5-4-6-12(17)13(10)15/h4-6,11,17H,7-9H2,1-3H3/t11-/m1/s1. The summed E-state index contributed by atoms with van der Waals surface area (Å²) >= 11 is 6.07. The second kappa shape index (κ2) is 4.51.